The molecule has 2 aromatic heterocycles. The van der Waals surface area contributed by atoms with Gasteiger partial charge >= 0.3 is 0 Å². The molecule has 4 nitrogen and oxygen atoms in total. The van der Waals surface area contributed by atoms with Crippen LogP contribution in [0.4, 0.5) is 4.39 Å². The second kappa shape index (κ2) is 5.48. The van der Waals surface area contributed by atoms with Gasteiger partial charge in [0.2, 0.25) is 0 Å². The minimum absolute atomic E-state index is 0.256. The van der Waals surface area contributed by atoms with Gasteiger partial charge in [0.25, 0.3) is 0 Å². The number of halogens is 2. The van der Waals surface area contributed by atoms with Crippen molar-refractivity contribution in [3.05, 3.63) is 41.6 Å². The first kappa shape index (κ1) is 14.1. The van der Waals surface area contributed by atoms with Crippen LogP contribution < -0.4 is 0 Å². The van der Waals surface area contributed by atoms with Crippen molar-refractivity contribution in [1.82, 2.24) is 19.3 Å². The Hall–Kier alpha value is -1.88. The summed E-state index contributed by atoms with van der Waals surface area (Å²) in [4.78, 5) is 4.69. The van der Waals surface area contributed by atoms with Crippen molar-refractivity contribution >= 4 is 22.8 Å². The Morgan fingerprint density at radius 3 is 2.57 bits per heavy atom. The van der Waals surface area contributed by atoms with Gasteiger partial charge in [-0.05, 0) is 30.7 Å². The second-order valence-electron chi connectivity index (χ2n) is 4.87. The van der Waals surface area contributed by atoms with Crippen LogP contribution in [0.2, 0.25) is 0 Å². The van der Waals surface area contributed by atoms with Crippen molar-refractivity contribution in [2.45, 2.75) is 19.8 Å². The van der Waals surface area contributed by atoms with Crippen LogP contribution in [-0.2, 0) is 19.9 Å². The minimum Gasteiger partial charge on any atom is -0.281 e. The van der Waals surface area contributed by atoms with Crippen molar-refractivity contribution in [1.29, 1.82) is 0 Å². The number of alkyl halides is 1. The molecule has 0 aliphatic rings. The highest BCUT2D eigenvalue weighted by Crippen LogP contribution is 2.24. The summed E-state index contributed by atoms with van der Waals surface area (Å²) < 4.78 is 17.0. The molecule has 0 saturated heterocycles. The minimum atomic E-state index is -0.256. The fourth-order valence-corrected chi connectivity index (χ4v) is 2.75. The third-order valence-electron chi connectivity index (χ3n) is 3.51. The third kappa shape index (κ3) is 2.31. The van der Waals surface area contributed by atoms with Crippen molar-refractivity contribution in [2.75, 3.05) is 5.88 Å². The van der Waals surface area contributed by atoms with E-state index in [0.29, 0.717) is 12.3 Å². The average Bonchev–Trinajstić information content (AvgIpc) is 2.98. The number of hydrogen-bond donors (Lipinski definition) is 0. The van der Waals surface area contributed by atoms with E-state index in [9.17, 15) is 4.39 Å². The Kier molecular flexibility index (Phi) is 3.68. The molecule has 6 heteroatoms. The van der Waals surface area contributed by atoms with Crippen molar-refractivity contribution in [2.24, 2.45) is 7.05 Å². The molecule has 0 saturated carbocycles. The fourth-order valence-electron chi connectivity index (χ4n) is 2.58. The van der Waals surface area contributed by atoms with Gasteiger partial charge in [-0.1, -0.05) is 6.92 Å². The molecule has 0 bridgehead atoms. The van der Waals surface area contributed by atoms with Gasteiger partial charge in [-0.15, -0.1) is 11.6 Å². The molecule has 0 unspecified atom stereocenters. The number of rotatable bonds is 4. The predicted octanol–water partition coefficient (Wildman–Crippen LogP) is 3.24. The number of nitrogens with zero attached hydrogens (tertiary/aromatic N) is 4. The number of imidazole rings is 1. The number of hydrogen-bond acceptors (Lipinski definition) is 2. The Balaban J connectivity index is 2.29. The maximum Gasteiger partial charge on any atom is 0.163 e. The van der Waals surface area contributed by atoms with E-state index >= 15 is 0 Å². The van der Waals surface area contributed by atoms with Gasteiger partial charge in [-0.25, -0.2) is 14.1 Å². The molecule has 0 fully saturated rings. The highest BCUT2D eigenvalue weighted by Gasteiger charge is 2.19. The summed E-state index contributed by atoms with van der Waals surface area (Å²) in [5.41, 5.74) is 3.64. The lowest BCUT2D eigenvalue weighted by atomic mass is 10.3. The van der Waals surface area contributed by atoms with E-state index in [4.69, 9.17) is 16.6 Å². The molecule has 0 spiro atoms. The monoisotopic (exact) mass is 306 g/mol. The van der Waals surface area contributed by atoms with Gasteiger partial charge in [0.1, 0.15) is 17.2 Å². The lowest BCUT2D eigenvalue weighted by molar-refractivity contribution is 0.627. The van der Waals surface area contributed by atoms with Gasteiger partial charge in [-0.3, -0.25) is 4.57 Å². The average molecular weight is 307 g/mol. The summed E-state index contributed by atoms with van der Waals surface area (Å²) in [6, 6.07) is 6.38. The summed E-state index contributed by atoms with van der Waals surface area (Å²) in [5.74, 6) is 1.10. The van der Waals surface area contributed by atoms with E-state index in [2.05, 4.69) is 12.0 Å². The second-order valence-corrected chi connectivity index (χ2v) is 5.25. The van der Waals surface area contributed by atoms with Gasteiger partial charge in [0, 0.05) is 25.0 Å². The quantitative estimate of drug-likeness (QED) is 0.694. The molecule has 21 heavy (non-hydrogen) atoms. The third-order valence-corrected chi connectivity index (χ3v) is 3.70. The summed E-state index contributed by atoms with van der Waals surface area (Å²) in [6.45, 7) is 2.06. The topological polar surface area (TPSA) is 35.6 Å². The summed E-state index contributed by atoms with van der Waals surface area (Å²) in [5, 5.41) is 4.50. The van der Waals surface area contributed by atoms with E-state index in [1.165, 1.54) is 12.1 Å². The van der Waals surface area contributed by atoms with Gasteiger partial charge in [0.05, 0.1) is 5.69 Å². The molecule has 0 amide bonds. The molecule has 110 valence electrons. The highest BCUT2D eigenvalue weighted by atomic mass is 35.5. The first-order valence-electron chi connectivity index (χ1n) is 6.90. The summed E-state index contributed by atoms with van der Waals surface area (Å²) in [7, 11) is 1.90. The first-order valence-corrected chi connectivity index (χ1v) is 7.44. The van der Waals surface area contributed by atoms with Crippen LogP contribution in [0.25, 0.3) is 16.9 Å². The SMILES string of the molecule is CCc1nn(C)c2c1nc(CCCl)n2-c1ccc(F)cc1. The van der Waals surface area contributed by atoms with E-state index < -0.39 is 0 Å². The molecule has 0 radical (unpaired) electrons. The maximum atomic E-state index is 13.2. The largest absolute Gasteiger partial charge is 0.281 e. The van der Waals surface area contributed by atoms with Crippen LogP contribution in [-0.4, -0.2) is 25.2 Å². The van der Waals surface area contributed by atoms with E-state index in [0.717, 1.165) is 34.8 Å². The zero-order chi connectivity index (χ0) is 15.0. The van der Waals surface area contributed by atoms with Crippen LogP contribution in [0.1, 0.15) is 18.4 Å². The Labute approximate surface area is 127 Å². The molecule has 0 N–H and O–H groups in total. The van der Waals surface area contributed by atoms with Crippen molar-refractivity contribution < 1.29 is 4.39 Å². The summed E-state index contributed by atoms with van der Waals surface area (Å²) >= 11 is 5.89. The molecule has 0 aliphatic heterocycles. The van der Waals surface area contributed by atoms with Gasteiger partial charge < -0.3 is 0 Å². The Morgan fingerprint density at radius 2 is 1.95 bits per heavy atom. The van der Waals surface area contributed by atoms with Crippen LogP contribution >= 0.6 is 11.6 Å². The maximum absolute atomic E-state index is 13.2. The molecular formula is C15H16ClFN4. The van der Waals surface area contributed by atoms with E-state index in [1.807, 2.05) is 16.3 Å². The zero-order valence-corrected chi connectivity index (χ0v) is 12.7. The molecule has 0 aliphatic carbocycles. The predicted molar refractivity (Wildman–Crippen MR) is 81.6 cm³/mol. The molecular weight excluding hydrogens is 291 g/mol. The first-order chi connectivity index (χ1) is 10.2. The molecule has 1 aromatic carbocycles. The van der Waals surface area contributed by atoms with Crippen LogP contribution in [0.5, 0.6) is 0 Å². The molecule has 0 atom stereocenters. The standard InChI is InChI=1S/C15H16ClFN4/c1-3-12-14-15(20(2)19-12)21(13(18-14)8-9-16)11-6-4-10(17)5-7-11/h4-7H,3,8-9H2,1-2H3. The van der Waals surface area contributed by atoms with Crippen molar-refractivity contribution in [3.8, 4) is 5.69 Å². The molecule has 3 rings (SSSR count). The van der Waals surface area contributed by atoms with E-state index in [1.54, 1.807) is 12.1 Å². The Morgan fingerprint density at radius 1 is 1.24 bits per heavy atom. The number of aromatic nitrogens is 4. The van der Waals surface area contributed by atoms with Gasteiger partial charge in [-0.2, -0.15) is 5.10 Å². The lowest BCUT2D eigenvalue weighted by Crippen LogP contribution is -2.06. The number of benzene rings is 1. The highest BCUT2D eigenvalue weighted by molar-refractivity contribution is 6.17. The van der Waals surface area contributed by atoms with Crippen LogP contribution in [0.3, 0.4) is 0 Å². The normalized spacial score (nSPS) is 11.4. The zero-order valence-electron chi connectivity index (χ0n) is 12.0. The van der Waals surface area contributed by atoms with Crippen molar-refractivity contribution in [3.63, 3.8) is 0 Å². The number of fused-ring (bicyclic) bond motifs is 1. The van der Waals surface area contributed by atoms with Crippen LogP contribution in [0.15, 0.2) is 24.3 Å². The van der Waals surface area contributed by atoms with E-state index in [-0.39, 0.29) is 5.82 Å². The number of aryl methyl sites for hydroxylation is 3. The Bertz CT molecular complexity index is 773. The van der Waals surface area contributed by atoms with Crippen LogP contribution in [0, 0.1) is 5.82 Å². The smallest absolute Gasteiger partial charge is 0.163 e. The lowest BCUT2D eigenvalue weighted by Gasteiger charge is -2.09. The summed E-state index contributed by atoms with van der Waals surface area (Å²) in [6.07, 6.45) is 1.47. The molecule has 2 heterocycles. The fraction of sp³-hybridized carbons (Fsp3) is 0.333. The molecule has 3 aromatic rings. The van der Waals surface area contributed by atoms with Gasteiger partial charge in [0.15, 0.2) is 5.65 Å².